The molecule has 1 fully saturated rings. The molecule has 1 amide bonds. The number of sulfonamides is 1. The lowest BCUT2D eigenvalue weighted by atomic mass is 9.99. The zero-order chi connectivity index (χ0) is 22.2. The molecule has 1 saturated heterocycles. The summed E-state index contributed by atoms with van der Waals surface area (Å²) in [6, 6.07) is 10.4. The predicted molar refractivity (Wildman–Crippen MR) is 124 cm³/mol. The Morgan fingerprint density at radius 1 is 1.03 bits per heavy atom. The number of benzene rings is 2. The number of aryl methyl sites for hydroxylation is 3. The molecule has 0 bridgehead atoms. The fraction of sp³-hybridized carbons (Fsp3) is 0.304. The minimum Gasteiger partial charge on any atom is -0.298 e. The minimum absolute atomic E-state index is 0.146. The van der Waals surface area contributed by atoms with E-state index < -0.39 is 10.0 Å². The molecule has 4 rings (SSSR count). The first-order chi connectivity index (χ1) is 14.8. The van der Waals surface area contributed by atoms with Crippen molar-refractivity contribution in [1.82, 2.24) is 9.29 Å². The van der Waals surface area contributed by atoms with Crippen LogP contribution in [0.4, 0.5) is 5.13 Å². The van der Waals surface area contributed by atoms with Crippen LogP contribution in [0, 0.1) is 20.8 Å². The second-order valence-electron chi connectivity index (χ2n) is 7.88. The van der Waals surface area contributed by atoms with E-state index >= 15 is 0 Å². The maximum atomic E-state index is 12.8. The summed E-state index contributed by atoms with van der Waals surface area (Å²) >= 11 is 1.35. The van der Waals surface area contributed by atoms with Gasteiger partial charge in [0.2, 0.25) is 10.0 Å². The molecule has 3 aromatic rings. The second-order valence-corrected chi connectivity index (χ2v) is 10.7. The van der Waals surface area contributed by atoms with Gasteiger partial charge >= 0.3 is 0 Å². The molecule has 2 aromatic carbocycles. The standard InChI is InChI=1S/C23H25N3O3S2/c1-15-11-17(3)20(12-16(15)2)21-14-30-23(24-21)25-22(27)18-7-6-8-19(13-18)31(28,29)26-9-4-5-10-26/h6-8,11-14H,4-5,9-10H2,1-3H3,(H,24,25,27). The number of carbonyl (C=O) groups is 1. The summed E-state index contributed by atoms with van der Waals surface area (Å²) in [7, 11) is -3.57. The topological polar surface area (TPSA) is 79.4 Å². The molecule has 0 saturated carbocycles. The van der Waals surface area contributed by atoms with Crippen LogP contribution in [0.2, 0.25) is 0 Å². The van der Waals surface area contributed by atoms with Gasteiger partial charge in [-0.3, -0.25) is 10.1 Å². The summed E-state index contributed by atoms with van der Waals surface area (Å²) in [6.45, 7) is 7.25. The van der Waals surface area contributed by atoms with Crippen LogP contribution in [-0.4, -0.2) is 36.7 Å². The van der Waals surface area contributed by atoms with Gasteiger partial charge in [0.15, 0.2) is 5.13 Å². The molecule has 8 heteroatoms. The van der Waals surface area contributed by atoms with E-state index in [9.17, 15) is 13.2 Å². The summed E-state index contributed by atoms with van der Waals surface area (Å²) in [4.78, 5) is 17.5. The molecule has 0 radical (unpaired) electrons. The average molecular weight is 456 g/mol. The molecular weight excluding hydrogens is 430 g/mol. The monoisotopic (exact) mass is 455 g/mol. The first kappa shape index (κ1) is 21.7. The lowest BCUT2D eigenvalue weighted by Gasteiger charge is -2.15. The number of hydrogen-bond acceptors (Lipinski definition) is 5. The van der Waals surface area contributed by atoms with E-state index in [-0.39, 0.29) is 10.8 Å². The van der Waals surface area contributed by atoms with Crippen LogP contribution in [-0.2, 0) is 10.0 Å². The smallest absolute Gasteiger partial charge is 0.257 e. The Morgan fingerprint density at radius 2 is 1.74 bits per heavy atom. The van der Waals surface area contributed by atoms with Crippen LogP contribution < -0.4 is 5.32 Å². The van der Waals surface area contributed by atoms with Gasteiger partial charge in [-0.15, -0.1) is 11.3 Å². The highest BCUT2D eigenvalue weighted by Gasteiger charge is 2.27. The molecule has 31 heavy (non-hydrogen) atoms. The van der Waals surface area contributed by atoms with Crippen LogP contribution in [0.1, 0.15) is 39.9 Å². The minimum atomic E-state index is -3.57. The first-order valence-electron chi connectivity index (χ1n) is 10.2. The second kappa shape index (κ2) is 8.53. The number of carbonyl (C=O) groups excluding carboxylic acids is 1. The Labute approximate surface area is 187 Å². The van der Waals surface area contributed by atoms with Crippen LogP contribution in [0.15, 0.2) is 46.7 Å². The molecule has 162 valence electrons. The van der Waals surface area contributed by atoms with Crippen LogP contribution >= 0.6 is 11.3 Å². The molecule has 6 nitrogen and oxygen atoms in total. The SMILES string of the molecule is Cc1cc(C)c(-c2csc(NC(=O)c3cccc(S(=O)(=O)N4CCCC4)c3)n2)cc1C. The lowest BCUT2D eigenvalue weighted by Crippen LogP contribution is -2.28. The number of nitrogens with zero attached hydrogens (tertiary/aromatic N) is 2. The summed E-state index contributed by atoms with van der Waals surface area (Å²) in [5, 5.41) is 5.20. The Morgan fingerprint density at radius 3 is 2.48 bits per heavy atom. The first-order valence-corrected chi connectivity index (χ1v) is 12.5. The van der Waals surface area contributed by atoms with E-state index in [0.717, 1.165) is 29.7 Å². The fourth-order valence-corrected chi connectivity index (χ4v) is 6.01. The Hall–Kier alpha value is -2.55. The van der Waals surface area contributed by atoms with E-state index in [1.165, 1.54) is 38.9 Å². The molecule has 0 atom stereocenters. The largest absolute Gasteiger partial charge is 0.298 e. The Bertz CT molecular complexity index is 1240. The number of nitrogens with one attached hydrogen (secondary N) is 1. The van der Waals surface area contributed by atoms with Crippen LogP contribution in [0.25, 0.3) is 11.3 Å². The quantitative estimate of drug-likeness (QED) is 0.601. The van der Waals surface area contributed by atoms with E-state index in [1.54, 1.807) is 12.1 Å². The van der Waals surface area contributed by atoms with E-state index in [2.05, 4.69) is 36.3 Å². The predicted octanol–water partition coefficient (Wildman–Crippen LogP) is 4.77. The average Bonchev–Trinajstić information content (AvgIpc) is 3.43. The van der Waals surface area contributed by atoms with E-state index in [0.29, 0.717) is 23.8 Å². The van der Waals surface area contributed by atoms with Gasteiger partial charge < -0.3 is 0 Å². The third-order valence-corrected chi connectivity index (χ3v) is 8.29. The van der Waals surface area contributed by atoms with Gasteiger partial charge in [0.1, 0.15) is 0 Å². The van der Waals surface area contributed by atoms with Crippen molar-refractivity contribution in [3.63, 3.8) is 0 Å². The van der Waals surface area contributed by atoms with Crippen molar-refractivity contribution >= 4 is 32.4 Å². The number of hydrogen-bond donors (Lipinski definition) is 1. The summed E-state index contributed by atoms with van der Waals surface area (Å²) in [5.74, 6) is -0.379. The maximum absolute atomic E-state index is 12.8. The molecule has 1 aromatic heterocycles. The number of amides is 1. The van der Waals surface area contributed by atoms with Crippen molar-refractivity contribution < 1.29 is 13.2 Å². The third kappa shape index (κ3) is 4.42. The van der Waals surface area contributed by atoms with Crippen molar-refractivity contribution in [2.45, 2.75) is 38.5 Å². The Kier molecular flexibility index (Phi) is 5.96. The zero-order valence-electron chi connectivity index (χ0n) is 17.8. The van der Waals surface area contributed by atoms with Gasteiger partial charge in [-0.25, -0.2) is 13.4 Å². The summed E-state index contributed by atoms with van der Waals surface area (Å²) in [6.07, 6.45) is 1.73. The molecular formula is C23H25N3O3S2. The number of thiazole rings is 1. The molecule has 0 unspecified atom stereocenters. The van der Waals surface area contributed by atoms with Crippen molar-refractivity contribution in [2.24, 2.45) is 0 Å². The van der Waals surface area contributed by atoms with Gasteiger partial charge in [-0.05, 0) is 74.6 Å². The van der Waals surface area contributed by atoms with Gasteiger partial charge in [-0.1, -0.05) is 12.1 Å². The number of rotatable bonds is 5. The molecule has 0 spiro atoms. The Balaban J connectivity index is 1.54. The van der Waals surface area contributed by atoms with Crippen LogP contribution in [0.5, 0.6) is 0 Å². The number of anilines is 1. The third-order valence-electron chi connectivity index (χ3n) is 5.64. The normalized spacial score (nSPS) is 14.7. The lowest BCUT2D eigenvalue weighted by molar-refractivity contribution is 0.102. The molecule has 1 N–H and O–H groups in total. The van der Waals surface area contributed by atoms with Gasteiger partial charge in [0, 0.05) is 29.6 Å². The van der Waals surface area contributed by atoms with E-state index in [4.69, 9.17) is 0 Å². The van der Waals surface area contributed by atoms with Crippen molar-refractivity contribution in [3.05, 3.63) is 64.0 Å². The van der Waals surface area contributed by atoms with Crippen LogP contribution in [0.3, 0.4) is 0 Å². The van der Waals surface area contributed by atoms with Crippen molar-refractivity contribution in [2.75, 3.05) is 18.4 Å². The summed E-state index contributed by atoms with van der Waals surface area (Å²) < 4.78 is 27.1. The summed E-state index contributed by atoms with van der Waals surface area (Å²) in [5.41, 5.74) is 5.69. The highest BCUT2D eigenvalue weighted by molar-refractivity contribution is 7.89. The molecule has 1 aliphatic rings. The maximum Gasteiger partial charge on any atom is 0.257 e. The van der Waals surface area contributed by atoms with E-state index in [1.807, 2.05) is 12.3 Å². The van der Waals surface area contributed by atoms with Gasteiger partial charge in [0.05, 0.1) is 10.6 Å². The fourth-order valence-electron chi connectivity index (χ4n) is 3.74. The van der Waals surface area contributed by atoms with Gasteiger partial charge in [-0.2, -0.15) is 4.31 Å². The highest BCUT2D eigenvalue weighted by atomic mass is 32.2. The number of aromatic nitrogens is 1. The van der Waals surface area contributed by atoms with Crippen molar-refractivity contribution in [1.29, 1.82) is 0 Å². The molecule has 1 aliphatic heterocycles. The zero-order valence-corrected chi connectivity index (χ0v) is 19.4. The van der Waals surface area contributed by atoms with Crippen molar-refractivity contribution in [3.8, 4) is 11.3 Å². The highest BCUT2D eigenvalue weighted by Crippen LogP contribution is 2.30. The molecule has 2 heterocycles. The van der Waals surface area contributed by atoms with Gasteiger partial charge in [0.25, 0.3) is 5.91 Å². The molecule has 0 aliphatic carbocycles.